The van der Waals surface area contributed by atoms with Crippen LogP contribution < -0.4 is 0 Å². The van der Waals surface area contributed by atoms with Crippen molar-refractivity contribution in [2.24, 2.45) is 0 Å². The van der Waals surface area contributed by atoms with Crippen molar-refractivity contribution in [2.45, 2.75) is 284 Å². The van der Waals surface area contributed by atoms with E-state index in [2.05, 4.69) is 57.2 Å². The van der Waals surface area contributed by atoms with E-state index in [0.29, 0.717) is 19.3 Å². The molecule has 0 aromatic heterocycles. The molecule has 61 heavy (non-hydrogen) atoms. The monoisotopic (exact) mass is 857 g/mol. The Kier molecular flexibility index (Phi) is 48.3. The summed E-state index contributed by atoms with van der Waals surface area (Å²) in [5, 5.41) is 0. The zero-order chi connectivity index (χ0) is 44.4. The van der Waals surface area contributed by atoms with Gasteiger partial charge in [-0.2, -0.15) is 0 Å². The molecule has 1 unspecified atom stereocenters. The number of hydrogen-bond acceptors (Lipinski definition) is 6. The molecule has 6 nitrogen and oxygen atoms in total. The molecular weight excluding hydrogens is 757 g/mol. The summed E-state index contributed by atoms with van der Waals surface area (Å²) in [4.78, 5) is 37.8. The maximum Gasteiger partial charge on any atom is 0.306 e. The zero-order valence-electron chi connectivity index (χ0n) is 40.7. The van der Waals surface area contributed by atoms with Gasteiger partial charge in [-0.3, -0.25) is 14.4 Å². The third-order valence-electron chi connectivity index (χ3n) is 11.6. The van der Waals surface area contributed by atoms with E-state index < -0.39 is 6.10 Å². The lowest BCUT2D eigenvalue weighted by Crippen LogP contribution is -2.30. The summed E-state index contributed by atoms with van der Waals surface area (Å²) in [7, 11) is 0. The molecule has 6 heteroatoms. The number of allylic oxidation sites excluding steroid dienone is 6. The fraction of sp³-hybridized carbons (Fsp3) is 0.836. The molecule has 0 fully saturated rings. The van der Waals surface area contributed by atoms with Crippen LogP contribution in [0.4, 0.5) is 0 Å². The molecule has 0 amide bonds. The van der Waals surface area contributed by atoms with Crippen molar-refractivity contribution in [3.05, 3.63) is 36.5 Å². The van der Waals surface area contributed by atoms with E-state index in [1.165, 1.54) is 167 Å². The van der Waals surface area contributed by atoms with Crippen LogP contribution in [0.2, 0.25) is 0 Å². The first-order valence-corrected chi connectivity index (χ1v) is 26.5. The lowest BCUT2D eigenvalue weighted by Gasteiger charge is -2.18. The summed E-state index contributed by atoms with van der Waals surface area (Å²) in [6.45, 7) is 6.60. The molecule has 0 aliphatic heterocycles. The summed E-state index contributed by atoms with van der Waals surface area (Å²) in [6, 6.07) is 0. The molecule has 0 heterocycles. The Bertz CT molecular complexity index is 1030. The van der Waals surface area contributed by atoms with Gasteiger partial charge in [-0.05, 0) is 57.8 Å². The largest absolute Gasteiger partial charge is 0.462 e. The fourth-order valence-corrected chi connectivity index (χ4v) is 7.63. The van der Waals surface area contributed by atoms with E-state index >= 15 is 0 Å². The molecule has 0 radical (unpaired) electrons. The number of carbonyl (C=O) groups excluding carboxylic acids is 3. The Morgan fingerprint density at radius 3 is 0.918 bits per heavy atom. The fourth-order valence-electron chi connectivity index (χ4n) is 7.63. The Morgan fingerprint density at radius 2 is 0.590 bits per heavy atom. The van der Waals surface area contributed by atoms with E-state index in [1.54, 1.807) is 0 Å². The molecule has 0 rings (SSSR count). The van der Waals surface area contributed by atoms with Gasteiger partial charge in [-0.15, -0.1) is 0 Å². The van der Waals surface area contributed by atoms with Crippen molar-refractivity contribution in [1.82, 2.24) is 0 Å². The Labute approximate surface area is 378 Å². The summed E-state index contributed by atoms with van der Waals surface area (Å²) in [5.74, 6) is -0.871. The highest BCUT2D eigenvalue weighted by Gasteiger charge is 2.19. The number of unbranched alkanes of at least 4 members (excludes halogenated alkanes) is 31. The van der Waals surface area contributed by atoms with Crippen LogP contribution in [0, 0.1) is 0 Å². The van der Waals surface area contributed by atoms with Gasteiger partial charge in [0.1, 0.15) is 13.2 Å². The second kappa shape index (κ2) is 50.3. The average Bonchev–Trinajstić information content (AvgIpc) is 3.26. The molecular formula is C55H100O6. The van der Waals surface area contributed by atoms with Gasteiger partial charge < -0.3 is 14.2 Å². The first-order chi connectivity index (χ1) is 30.0. The number of hydrogen-bond donors (Lipinski definition) is 0. The van der Waals surface area contributed by atoms with Crippen molar-refractivity contribution < 1.29 is 28.6 Å². The zero-order valence-corrected chi connectivity index (χ0v) is 40.7. The smallest absolute Gasteiger partial charge is 0.306 e. The number of esters is 3. The highest BCUT2D eigenvalue weighted by atomic mass is 16.6. The van der Waals surface area contributed by atoms with Crippen LogP contribution in [0.5, 0.6) is 0 Å². The van der Waals surface area contributed by atoms with Gasteiger partial charge in [0, 0.05) is 19.3 Å². The maximum atomic E-state index is 12.7. The quantitative estimate of drug-likeness (QED) is 0.0262. The molecule has 0 aromatic carbocycles. The minimum Gasteiger partial charge on any atom is -0.462 e. The van der Waals surface area contributed by atoms with Crippen molar-refractivity contribution in [2.75, 3.05) is 13.2 Å². The molecule has 0 aliphatic carbocycles. The maximum absolute atomic E-state index is 12.7. The van der Waals surface area contributed by atoms with Gasteiger partial charge in [0.05, 0.1) is 0 Å². The molecule has 0 aromatic rings. The summed E-state index contributed by atoms with van der Waals surface area (Å²) < 4.78 is 16.7. The molecule has 0 bridgehead atoms. The second-order valence-corrected chi connectivity index (χ2v) is 17.8. The van der Waals surface area contributed by atoms with E-state index in [9.17, 15) is 14.4 Å². The van der Waals surface area contributed by atoms with Crippen LogP contribution in [-0.4, -0.2) is 37.2 Å². The van der Waals surface area contributed by atoms with E-state index in [-0.39, 0.29) is 31.1 Å². The Morgan fingerprint density at radius 1 is 0.328 bits per heavy atom. The number of carbonyl (C=O) groups is 3. The van der Waals surface area contributed by atoms with Crippen LogP contribution in [0.25, 0.3) is 0 Å². The Balaban J connectivity index is 4.12. The van der Waals surface area contributed by atoms with E-state index in [0.717, 1.165) is 70.6 Å². The van der Waals surface area contributed by atoms with Crippen LogP contribution in [0.15, 0.2) is 36.5 Å². The predicted molar refractivity (Wildman–Crippen MR) is 261 cm³/mol. The van der Waals surface area contributed by atoms with Gasteiger partial charge in [0.2, 0.25) is 0 Å². The molecule has 0 spiro atoms. The molecule has 356 valence electrons. The minimum absolute atomic E-state index is 0.0698. The van der Waals surface area contributed by atoms with E-state index in [1.807, 2.05) is 0 Å². The van der Waals surface area contributed by atoms with Crippen LogP contribution >= 0.6 is 0 Å². The van der Waals surface area contributed by atoms with Crippen molar-refractivity contribution in [1.29, 1.82) is 0 Å². The third-order valence-corrected chi connectivity index (χ3v) is 11.6. The summed E-state index contributed by atoms with van der Waals surface area (Å²) in [6.07, 6.45) is 58.6. The number of ether oxygens (including phenoxy) is 3. The van der Waals surface area contributed by atoms with Gasteiger partial charge in [0.15, 0.2) is 6.10 Å². The SMILES string of the molecule is CCCCCCC/C=C\C/C=C\C/C=C\CCCCCCCCCCCCC(=O)OCC(COC(=O)CCCCCCCCCC)OC(=O)CCCCCCCCCCCC. The molecule has 0 aliphatic rings. The van der Waals surface area contributed by atoms with Crippen LogP contribution in [-0.2, 0) is 28.6 Å². The lowest BCUT2D eigenvalue weighted by molar-refractivity contribution is -0.167. The van der Waals surface area contributed by atoms with Crippen LogP contribution in [0.1, 0.15) is 278 Å². The third kappa shape index (κ3) is 48.5. The molecule has 0 N–H and O–H groups in total. The van der Waals surface area contributed by atoms with Crippen LogP contribution in [0.3, 0.4) is 0 Å². The molecule has 0 saturated carbocycles. The standard InChI is InChI=1S/C55H100O6/c1-4-7-10-13-16-19-21-22-23-24-25-26-27-28-29-30-31-32-33-34-35-37-39-42-45-48-54(57)60-51-52(50-59-53(56)47-44-41-38-18-15-12-9-6-3)61-55(58)49-46-43-40-36-20-17-14-11-8-5-2/h21-22,24-25,27-28,52H,4-20,23,26,29-51H2,1-3H3/b22-21-,25-24-,28-27-. The first kappa shape index (κ1) is 58.6. The van der Waals surface area contributed by atoms with Crippen molar-refractivity contribution in [3.63, 3.8) is 0 Å². The molecule has 1 atom stereocenters. The topological polar surface area (TPSA) is 78.9 Å². The molecule has 0 saturated heterocycles. The van der Waals surface area contributed by atoms with E-state index in [4.69, 9.17) is 14.2 Å². The van der Waals surface area contributed by atoms with Gasteiger partial charge in [0.25, 0.3) is 0 Å². The Hall–Kier alpha value is -2.37. The highest BCUT2D eigenvalue weighted by Crippen LogP contribution is 2.15. The second-order valence-electron chi connectivity index (χ2n) is 17.8. The summed E-state index contributed by atoms with van der Waals surface area (Å²) >= 11 is 0. The highest BCUT2D eigenvalue weighted by molar-refractivity contribution is 5.71. The number of rotatable bonds is 48. The summed E-state index contributed by atoms with van der Waals surface area (Å²) in [5.41, 5.74) is 0. The van der Waals surface area contributed by atoms with Gasteiger partial charge in [-0.1, -0.05) is 237 Å². The van der Waals surface area contributed by atoms with Crippen molar-refractivity contribution >= 4 is 17.9 Å². The lowest BCUT2D eigenvalue weighted by atomic mass is 10.1. The predicted octanol–water partition coefficient (Wildman–Crippen LogP) is 17.3. The van der Waals surface area contributed by atoms with Crippen molar-refractivity contribution in [3.8, 4) is 0 Å². The van der Waals surface area contributed by atoms with Gasteiger partial charge >= 0.3 is 17.9 Å². The average molecular weight is 857 g/mol. The minimum atomic E-state index is -0.766. The first-order valence-electron chi connectivity index (χ1n) is 26.5. The van der Waals surface area contributed by atoms with Gasteiger partial charge in [-0.25, -0.2) is 0 Å². The normalized spacial score (nSPS) is 12.2.